The molecule has 1 aliphatic heterocycles. The van der Waals surface area contributed by atoms with Gasteiger partial charge in [0.1, 0.15) is 30.2 Å². The second-order valence-electron chi connectivity index (χ2n) is 11.5. The monoisotopic (exact) mass is 613 g/mol. The fourth-order valence-corrected chi connectivity index (χ4v) is 5.74. The molecule has 1 saturated heterocycles. The van der Waals surface area contributed by atoms with Crippen LogP contribution in [0.4, 0.5) is 21.4 Å². The third-order valence-electron chi connectivity index (χ3n) is 7.26. The lowest BCUT2D eigenvalue weighted by Crippen LogP contribution is -2.38. The average molecular weight is 614 g/mol. The van der Waals surface area contributed by atoms with Crippen molar-refractivity contribution in [3.05, 3.63) is 65.9 Å². The molecule has 6 rings (SSSR count). The number of fused-ring (bicyclic) bond motifs is 1. The highest BCUT2D eigenvalue weighted by Gasteiger charge is 2.20. The van der Waals surface area contributed by atoms with Crippen LogP contribution in [0.2, 0.25) is 0 Å². The molecule has 1 aliphatic rings. The quantitative estimate of drug-likeness (QED) is 0.216. The number of nitrogens with one attached hydrogen (secondary N) is 2. The van der Waals surface area contributed by atoms with Crippen molar-refractivity contribution in [1.82, 2.24) is 29.6 Å². The van der Waals surface area contributed by atoms with E-state index in [4.69, 9.17) is 20.3 Å². The van der Waals surface area contributed by atoms with Crippen molar-refractivity contribution in [2.45, 2.75) is 26.2 Å². The van der Waals surface area contributed by atoms with Gasteiger partial charge in [-0.2, -0.15) is 5.10 Å². The highest BCUT2D eigenvalue weighted by Crippen LogP contribution is 2.33. The minimum Gasteiger partial charge on any atom is -0.492 e. The van der Waals surface area contributed by atoms with E-state index in [0.29, 0.717) is 40.0 Å². The lowest BCUT2D eigenvalue weighted by Gasteiger charge is -2.26. The Balaban J connectivity index is 1.16. The van der Waals surface area contributed by atoms with Crippen LogP contribution < -0.4 is 21.1 Å². The molecule has 5 aromatic rings. The number of benzene rings is 2. The number of amides is 2. The lowest BCUT2D eigenvalue weighted by molar-refractivity contribution is 0.0322. The molecule has 228 valence electrons. The van der Waals surface area contributed by atoms with Gasteiger partial charge in [-0.05, 0) is 48.5 Å². The van der Waals surface area contributed by atoms with Crippen LogP contribution in [0.3, 0.4) is 0 Å². The molecule has 13 heteroatoms. The number of morpholine rings is 1. The molecule has 12 nitrogen and oxygen atoms in total. The van der Waals surface area contributed by atoms with Crippen molar-refractivity contribution < 1.29 is 14.3 Å². The van der Waals surface area contributed by atoms with E-state index in [1.165, 1.54) is 17.7 Å². The zero-order chi connectivity index (χ0) is 30.7. The third-order valence-corrected chi connectivity index (χ3v) is 8.02. The normalized spacial score (nSPS) is 14.1. The number of nitrogens with zero attached hydrogens (tertiary/aromatic N) is 6. The molecule has 0 radical (unpaired) electrons. The Kier molecular flexibility index (Phi) is 8.42. The zero-order valence-corrected chi connectivity index (χ0v) is 25.7. The van der Waals surface area contributed by atoms with Gasteiger partial charge in [0.05, 0.1) is 30.0 Å². The fraction of sp³-hybridized carbons (Fsp3) is 0.323. The highest BCUT2D eigenvalue weighted by atomic mass is 32.1. The van der Waals surface area contributed by atoms with Gasteiger partial charge in [0.25, 0.3) is 0 Å². The lowest BCUT2D eigenvalue weighted by atomic mass is 9.93. The van der Waals surface area contributed by atoms with E-state index in [1.807, 2.05) is 41.8 Å². The molecule has 2 aromatic carbocycles. The summed E-state index contributed by atoms with van der Waals surface area (Å²) in [6, 6.07) is 14.7. The third kappa shape index (κ3) is 6.64. The Bertz CT molecular complexity index is 1740. The van der Waals surface area contributed by atoms with E-state index < -0.39 is 0 Å². The van der Waals surface area contributed by atoms with Crippen LogP contribution >= 0.6 is 11.3 Å². The Morgan fingerprint density at radius 2 is 1.80 bits per heavy atom. The summed E-state index contributed by atoms with van der Waals surface area (Å²) >= 11 is 1.40. The van der Waals surface area contributed by atoms with E-state index in [1.54, 1.807) is 16.8 Å². The Morgan fingerprint density at radius 1 is 1.05 bits per heavy atom. The van der Waals surface area contributed by atoms with Crippen LogP contribution in [0.25, 0.3) is 28.0 Å². The van der Waals surface area contributed by atoms with Crippen LogP contribution in [-0.4, -0.2) is 75.1 Å². The largest absolute Gasteiger partial charge is 0.492 e. The molecule has 0 bridgehead atoms. The summed E-state index contributed by atoms with van der Waals surface area (Å²) in [4.78, 5) is 28.2. The van der Waals surface area contributed by atoms with Gasteiger partial charge in [-0.3, -0.25) is 10.2 Å². The van der Waals surface area contributed by atoms with Crippen LogP contribution in [0.5, 0.6) is 5.75 Å². The topological polar surface area (TPSA) is 145 Å². The van der Waals surface area contributed by atoms with Crippen LogP contribution in [-0.2, 0) is 10.2 Å². The summed E-state index contributed by atoms with van der Waals surface area (Å²) in [5.74, 6) is 1.13. The molecule has 0 aliphatic carbocycles. The van der Waals surface area contributed by atoms with Crippen LogP contribution in [0, 0.1) is 0 Å². The second-order valence-corrected chi connectivity index (χ2v) is 12.3. The number of carbonyl (C=O) groups excluding carboxylic acids is 1. The van der Waals surface area contributed by atoms with Crippen molar-refractivity contribution in [1.29, 1.82) is 0 Å². The molecule has 44 heavy (non-hydrogen) atoms. The van der Waals surface area contributed by atoms with Crippen molar-refractivity contribution in [3.63, 3.8) is 0 Å². The molecule has 0 spiro atoms. The first-order chi connectivity index (χ1) is 21.2. The van der Waals surface area contributed by atoms with Crippen LogP contribution in [0.1, 0.15) is 26.5 Å². The number of urea groups is 1. The molecule has 0 saturated carbocycles. The van der Waals surface area contributed by atoms with E-state index in [9.17, 15) is 4.79 Å². The molecule has 1 fully saturated rings. The van der Waals surface area contributed by atoms with Crippen molar-refractivity contribution in [3.8, 4) is 22.7 Å². The van der Waals surface area contributed by atoms with E-state index >= 15 is 0 Å². The Morgan fingerprint density at radius 3 is 2.50 bits per heavy atom. The van der Waals surface area contributed by atoms with Crippen molar-refractivity contribution >= 4 is 45.0 Å². The number of rotatable bonds is 8. The second kappa shape index (κ2) is 12.6. The summed E-state index contributed by atoms with van der Waals surface area (Å²) in [6.45, 7) is 11.1. The van der Waals surface area contributed by atoms with Crippen molar-refractivity contribution in [2.75, 3.05) is 55.8 Å². The number of hydrogen-bond acceptors (Lipinski definition) is 10. The van der Waals surface area contributed by atoms with Crippen LogP contribution in [0.15, 0.2) is 60.2 Å². The van der Waals surface area contributed by atoms with Gasteiger partial charge in [-0.25, -0.2) is 24.4 Å². The van der Waals surface area contributed by atoms with Gasteiger partial charge in [0.15, 0.2) is 10.8 Å². The predicted molar refractivity (Wildman–Crippen MR) is 173 cm³/mol. The molecular formula is C31H35N9O3S. The first-order valence-electron chi connectivity index (χ1n) is 14.4. The smallest absolute Gasteiger partial charge is 0.325 e. The minimum absolute atomic E-state index is 0.0874. The van der Waals surface area contributed by atoms with Gasteiger partial charge in [-0.1, -0.05) is 20.8 Å². The number of aromatic nitrogens is 5. The maximum Gasteiger partial charge on any atom is 0.325 e. The first-order valence-corrected chi connectivity index (χ1v) is 15.3. The highest BCUT2D eigenvalue weighted by molar-refractivity contribution is 7.14. The fourth-order valence-electron chi connectivity index (χ4n) is 4.80. The standard InChI is InChI=1S/C31H35N9O3S/c1-31(2,3)24-18-44-30(36-24)37-29(41)35-21-6-8-22(9-7-21)40-28-25(27(32)33-19-34-28)26(38-40)20-4-10-23(11-5-20)43-17-14-39-12-15-42-16-13-39/h4-11,18-19H,12-17H2,1-3H3,(H2,32,33,34)(H2,35,36,37,41). The van der Waals surface area contributed by atoms with Crippen molar-refractivity contribution in [2.24, 2.45) is 0 Å². The number of nitrogen functional groups attached to an aromatic ring is 1. The molecule has 2 amide bonds. The number of hydrogen-bond donors (Lipinski definition) is 3. The maximum atomic E-state index is 12.6. The predicted octanol–water partition coefficient (Wildman–Crippen LogP) is 5.17. The number of thiazole rings is 1. The summed E-state index contributed by atoms with van der Waals surface area (Å²) in [5, 5.41) is 13.7. The number of anilines is 3. The van der Waals surface area contributed by atoms with Gasteiger partial charge in [0, 0.05) is 41.7 Å². The molecule has 0 unspecified atom stereocenters. The van der Waals surface area contributed by atoms with Gasteiger partial charge in [0.2, 0.25) is 0 Å². The summed E-state index contributed by atoms with van der Waals surface area (Å²) in [5.41, 5.74) is 10.6. The van der Waals surface area contributed by atoms with E-state index in [-0.39, 0.29) is 11.4 Å². The first kappa shape index (κ1) is 29.5. The van der Waals surface area contributed by atoms with Gasteiger partial charge in [-0.15, -0.1) is 11.3 Å². The van der Waals surface area contributed by atoms with Gasteiger partial charge < -0.3 is 20.5 Å². The van der Waals surface area contributed by atoms with Gasteiger partial charge >= 0.3 is 6.03 Å². The number of ether oxygens (including phenoxy) is 2. The minimum atomic E-state index is -0.367. The summed E-state index contributed by atoms with van der Waals surface area (Å²) in [6.07, 6.45) is 1.43. The SMILES string of the molecule is CC(C)(C)c1csc(NC(=O)Nc2ccc(-n3nc(-c4ccc(OCCN5CCOCC5)cc4)c4c(N)ncnc43)cc2)n1. The maximum absolute atomic E-state index is 12.6. The van der Waals surface area contributed by atoms with E-state index in [0.717, 1.165) is 55.5 Å². The molecule has 4 N–H and O–H groups in total. The molecule has 3 aromatic heterocycles. The Labute approximate surface area is 259 Å². The molecular weight excluding hydrogens is 578 g/mol. The molecule has 4 heterocycles. The number of nitrogens with two attached hydrogens (primary N) is 1. The number of carbonyl (C=O) groups is 1. The Hall–Kier alpha value is -4.59. The summed E-state index contributed by atoms with van der Waals surface area (Å²) < 4.78 is 13.1. The average Bonchev–Trinajstić information content (AvgIpc) is 3.65. The van der Waals surface area contributed by atoms with E-state index in [2.05, 4.69) is 51.3 Å². The molecule has 0 atom stereocenters. The zero-order valence-electron chi connectivity index (χ0n) is 24.9. The summed E-state index contributed by atoms with van der Waals surface area (Å²) in [7, 11) is 0.